The van der Waals surface area contributed by atoms with Crippen LogP contribution in [0.15, 0.2) is 42.5 Å². The van der Waals surface area contributed by atoms with E-state index >= 15 is 0 Å². The van der Waals surface area contributed by atoms with Gasteiger partial charge in [0.25, 0.3) is 0 Å². The number of carbonyl (C=O) groups is 1. The average Bonchev–Trinajstić information content (AvgIpc) is 2.56. The van der Waals surface area contributed by atoms with Crippen molar-refractivity contribution in [2.45, 2.75) is 32.8 Å². The summed E-state index contributed by atoms with van der Waals surface area (Å²) >= 11 is 0. The van der Waals surface area contributed by atoms with Gasteiger partial charge in [-0.3, -0.25) is 0 Å². The van der Waals surface area contributed by atoms with Crippen LogP contribution in [-0.4, -0.2) is 18.7 Å². The third kappa shape index (κ3) is 3.31. The number of hydrogen-bond acceptors (Lipinski definition) is 4. The summed E-state index contributed by atoms with van der Waals surface area (Å²) in [6.07, 6.45) is -0.757. The van der Waals surface area contributed by atoms with Gasteiger partial charge in [-0.25, -0.2) is 4.79 Å². The summed E-state index contributed by atoms with van der Waals surface area (Å²) < 4.78 is 16.8. The number of carbonyl (C=O) groups excluding carboxylic acids is 1. The number of benzene rings is 2. The molecule has 3 rings (SSSR count). The Morgan fingerprint density at radius 3 is 2.65 bits per heavy atom. The molecule has 1 atom stereocenters. The Labute approximate surface area is 136 Å². The Hall–Kier alpha value is -2.49. The second-order valence-corrected chi connectivity index (χ2v) is 5.96. The second kappa shape index (κ2) is 6.32. The smallest absolute Gasteiger partial charge is 0.356 e. The normalized spacial score (nSPS) is 16.3. The largest absolute Gasteiger partial charge is 0.485 e. The molecule has 0 aromatic heterocycles. The first-order valence-electron chi connectivity index (χ1n) is 7.75. The molecule has 1 aliphatic rings. The van der Waals surface area contributed by atoms with Gasteiger partial charge in [0.05, 0.1) is 0 Å². The zero-order valence-corrected chi connectivity index (χ0v) is 13.5. The Kier molecular flexibility index (Phi) is 4.24. The van der Waals surface area contributed by atoms with Crippen molar-refractivity contribution in [3.05, 3.63) is 53.6 Å². The monoisotopic (exact) mass is 312 g/mol. The van der Waals surface area contributed by atoms with Gasteiger partial charge < -0.3 is 14.2 Å². The third-order valence-corrected chi connectivity index (χ3v) is 3.86. The van der Waals surface area contributed by atoms with Crippen LogP contribution in [0, 0.1) is 6.92 Å². The Morgan fingerprint density at radius 1 is 1.17 bits per heavy atom. The van der Waals surface area contributed by atoms with Gasteiger partial charge in [0.2, 0.25) is 6.10 Å². The van der Waals surface area contributed by atoms with E-state index < -0.39 is 12.1 Å². The van der Waals surface area contributed by atoms with Crippen molar-refractivity contribution in [3.63, 3.8) is 0 Å². The highest BCUT2D eigenvalue weighted by atomic mass is 16.6. The lowest BCUT2D eigenvalue weighted by atomic mass is 10.0. The number of rotatable bonds is 3. The fourth-order valence-corrected chi connectivity index (χ4v) is 2.40. The van der Waals surface area contributed by atoms with Crippen LogP contribution >= 0.6 is 0 Å². The molecule has 0 saturated heterocycles. The highest BCUT2D eigenvalue weighted by molar-refractivity contribution is 5.78. The Morgan fingerprint density at radius 2 is 1.91 bits per heavy atom. The molecule has 0 aliphatic carbocycles. The van der Waals surface area contributed by atoms with Crippen LogP contribution in [-0.2, 0) is 4.79 Å². The fourth-order valence-electron chi connectivity index (χ4n) is 2.40. The zero-order chi connectivity index (χ0) is 16.4. The Balaban J connectivity index is 1.74. The van der Waals surface area contributed by atoms with Gasteiger partial charge in [0, 0.05) is 0 Å². The molecule has 120 valence electrons. The lowest BCUT2D eigenvalue weighted by Crippen LogP contribution is -2.39. The summed E-state index contributed by atoms with van der Waals surface area (Å²) in [6.45, 7) is 6.27. The van der Waals surface area contributed by atoms with Gasteiger partial charge in [-0.15, -0.1) is 0 Å². The molecule has 1 heterocycles. The average molecular weight is 312 g/mol. The molecule has 4 heteroatoms. The summed E-state index contributed by atoms with van der Waals surface area (Å²) in [6, 6.07) is 13.2. The van der Waals surface area contributed by atoms with Crippen LogP contribution in [0.5, 0.6) is 17.2 Å². The van der Waals surface area contributed by atoms with Gasteiger partial charge >= 0.3 is 5.97 Å². The van der Waals surface area contributed by atoms with E-state index in [0.717, 1.165) is 11.1 Å². The molecule has 0 amide bonds. The van der Waals surface area contributed by atoms with E-state index in [1.165, 1.54) is 0 Å². The van der Waals surface area contributed by atoms with E-state index in [2.05, 4.69) is 13.8 Å². The van der Waals surface area contributed by atoms with Gasteiger partial charge in [0.1, 0.15) is 12.4 Å². The standard InChI is InChI=1S/C19H20O4/c1-12(2)14-9-8-13(3)17(10-14)23-19(20)18-11-21-15-6-4-5-7-16(15)22-18/h4-10,12,18H,11H2,1-3H3/t18-/m1/s1. The van der Waals surface area contributed by atoms with Crippen LogP contribution in [0.1, 0.15) is 30.9 Å². The minimum atomic E-state index is -0.757. The quantitative estimate of drug-likeness (QED) is 0.637. The molecule has 2 aromatic rings. The molecule has 0 fully saturated rings. The van der Waals surface area contributed by atoms with E-state index in [0.29, 0.717) is 23.2 Å². The van der Waals surface area contributed by atoms with E-state index in [1.807, 2.05) is 43.3 Å². The van der Waals surface area contributed by atoms with Crippen LogP contribution in [0.3, 0.4) is 0 Å². The highest BCUT2D eigenvalue weighted by Gasteiger charge is 2.29. The van der Waals surface area contributed by atoms with E-state index in [4.69, 9.17) is 14.2 Å². The maximum Gasteiger partial charge on any atom is 0.356 e. The molecule has 0 bridgehead atoms. The number of ether oxygens (including phenoxy) is 3. The summed E-state index contributed by atoms with van der Waals surface area (Å²) in [4.78, 5) is 12.4. The highest BCUT2D eigenvalue weighted by Crippen LogP contribution is 2.31. The zero-order valence-electron chi connectivity index (χ0n) is 13.5. The molecule has 0 spiro atoms. The molecule has 0 radical (unpaired) electrons. The SMILES string of the molecule is Cc1ccc(C(C)C)cc1OC(=O)[C@H]1COc2ccccc2O1. The molecule has 23 heavy (non-hydrogen) atoms. The van der Waals surface area contributed by atoms with Gasteiger partial charge in [-0.1, -0.05) is 38.1 Å². The lowest BCUT2D eigenvalue weighted by molar-refractivity contribution is -0.144. The van der Waals surface area contributed by atoms with Crippen LogP contribution < -0.4 is 14.2 Å². The first kappa shape index (κ1) is 15.4. The van der Waals surface area contributed by atoms with Crippen LogP contribution in [0.25, 0.3) is 0 Å². The van der Waals surface area contributed by atoms with E-state index in [9.17, 15) is 4.79 Å². The lowest BCUT2D eigenvalue weighted by Gasteiger charge is -2.25. The van der Waals surface area contributed by atoms with Crippen LogP contribution in [0.2, 0.25) is 0 Å². The predicted molar refractivity (Wildman–Crippen MR) is 87.3 cm³/mol. The van der Waals surface area contributed by atoms with Crippen molar-refractivity contribution in [2.75, 3.05) is 6.61 Å². The molecule has 4 nitrogen and oxygen atoms in total. The second-order valence-electron chi connectivity index (χ2n) is 5.96. The molecular weight excluding hydrogens is 292 g/mol. The maximum atomic E-state index is 12.4. The summed E-state index contributed by atoms with van der Waals surface area (Å²) in [5.41, 5.74) is 2.05. The maximum absolute atomic E-state index is 12.4. The van der Waals surface area contributed by atoms with E-state index in [-0.39, 0.29) is 6.61 Å². The Bertz CT molecular complexity index is 721. The molecule has 2 aromatic carbocycles. The molecule has 0 saturated carbocycles. The summed E-state index contributed by atoms with van der Waals surface area (Å²) in [5.74, 6) is 1.71. The van der Waals surface area contributed by atoms with Crippen molar-refractivity contribution >= 4 is 5.97 Å². The van der Waals surface area contributed by atoms with Crippen molar-refractivity contribution in [1.82, 2.24) is 0 Å². The minimum absolute atomic E-state index is 0.152. The number of hydrogen-bond donors (Lipinski definition) is 0. The third-order valence-electron chi connectivity index (χ3n) is 3.86. The number of aryl methyl sites for hydroxylation is 1. The summed E-state index contributed by atoms with van der Waals surface area (Å²) in [7, 11) is 0. The van der Waals surface area contributed by atoms with Crippen molar-refractivity contribution in [3.8, 4) is 17.2 Å². The molecule has 0 N–H and O–H groups in total. The van der Waals surface area contributed by atoms with Crippen molar-refractivity contribution in [2.24, 2.45) is 0 Å². The van der Waals surface area contributed by atoms with Gasteiger partial charge in [-0.2, -0.15) is 0 Å². The first-order chi connectivity index (χ1) is 11.0. The van der Waals surface area contributed by atoms with Gasteiger partial charge in [-0.05, 0) is 42.2 Å². The molecular formula is C19H20O4. The number of esters is 1. The molecule has 1 aliphatic heterocycles. The summed E-state index contributed by atoms with van der Waals surface area (Å²) in [5, 5.41) is 0. The number of fused-ring (bicyclic) bond motifs is 1. The van der Waals surface area contributed by atoms with Crippen LogP contribution in [0.4, 0.5) is 0 Å². The fraction of sp³-hybridized carbons (Fsp3) is 0.316. The predicted octanol–water partition coefficient (Wildman–Crippen LogP) is 3.86. The van der Waals surface area contributed by atoms with E-state index in [1.54, 1.807) is 6.07 Å². The first-order valence-corrected chi connectivity index (χ1v) is 7.75. The topological polar surface area (TPSA) is 44.8 Å². The minimum Gasteiger partial charge on any atom is -0.485 e. The molecule has 0 unspecified atom stereocenters. The van der Waals surface area contributed by atoms with Gasteiger partial charge in [0.15, 0.2) is 11.5 Å². The van der Waals surface area contributed by atoms with Crippen molar-refractivity contribution < 1.29 is 19.0 Å². The van der Waals surface area contributed by atoms with Crippen molar-refractivity contribution in [1.29, 1.82) is 0 Å². The number of para-hydroxylation sites is 2.